The van der Waals surface area contributed by atoms with Crippen LogP contribution in [0.25, 0.3) is 0 Å². The van der Waals surface area contributed by atoms with Crippen molar-refractivity contribution in [3.05, 3.63) is 35.9 Å². The van der Waals surface area contributed by atoms with Crippen LogP contribution in [0, 0.1) is 5.92 Å². The topological polar surface area (TPSA) is 129 Å². The van der Waals surface area contributed by atoms with Gasteiger partial charge in [-0.25, -0.2) is 0 Å². The molecule has 1 heterocycles. The molecule has 1 aliphatic heterocycles. The second-order valence-electron chi connectivity index (χ2n) is 10.2. The molecule has 2 fully saturated rings. The molecular formula is C28H44N6O4. The molecule has 10 heteroatoms. The van der Waals surface area contributed by atoms with Crippen molar-refractivity contribution >= 4 is 24.1 Å². The Morgan fingerprint density at radius 2 is 2.03 bits per heavy atom. The predicted octanol–water partition coefficient (Wildman–Crippen LogP) is 1.64. The number of nitrogens with zero attached hydrogens (tertiary/aromatic N) is 3. The highest BCUT2D eigenvalue weighted by molar-refractivity contribution is 5.89. The molecule has 0 radical (unpaired) electrons. The number of piperidine rings is 1. The van der Waals surface area contributed by atoms with E-state index in [9.17, 15) is 14.4 Å². The van der Waals surface area contributed by atoms with Crippen molar-refractivity contribution in [1.29, 1.82) is 0 Å². The monoisotopic (exact) mass is 528 g/mol. The summed E-state index contributed by atoms with van der Waals surface area (Å²) >= 11 is 0. The van der Waals surface area contributed by atoms with Crippen LogP contribution in [-0.4, -0.2) is 85.3 Å². The zero-order valence-electron chi connectivity index (χ0n) is 22.6. The number of hydrogen-bond acceptors (Lipinski definition) is 7. The molecule has 210 valence electrons. The summed E-state index contributed by atoms with van der Waals surface area (Å²) in [6, 6.07) is 9.70. The largest absolute Gasteiger partial charge is 0.466 e. The van der Waals surface area contributed by atoms with Gasteiger partial charge in [0.15, 0.2) is 0 Å². The van der Waals surface area contributed by atoms with E-state index in [0.29, 0.717) is 32.2 Å². The number of carbonyl (C=O) groups excluding carboxylic acids is 3. The lowest BCUT2D eigenvalue weighted by Gasteiger charge is -2.31. The average molecular weight is 529 g/mol. The van der Waals surface area contributed by atoms with Crippen molar-refractivity contribution in [2.24, 2.45) is 16.9 Å². The summed E-state index contributed by atoms with van der Waals surface area (Å²) in [4.78, 5) is 42.4. The molecule has 1 saturated carbocycles. The molecule has 0 aromatic heterocycles. The zero-order chi connectivity index (χ0) is 27.2. The van der Waals surface area contributed by atoms with Crippen LogP contribution in [0.15, 0.2) is 35.4 Å². The molecule has 2 amide bonds. The highest BCUT2D eigenvalue weighted by Gasteiger charge is 2.36. The third-order valence-corrected chi connectivity index (χ3v) is 7.06. The maximum atomic E-state index is 13.6. The quantitative estimate of drug-likeness (QED) is 0.0743. The van der Waals surface area contributed by atoms with Gasteiger partial charge >= 0.3 is 5.97 Å². The third kappa shape index (κ3) is 10.3. The number of likely N-dealkylation sites (tertiary alicyclic amines) is 1. The van der Waals surface area contributed by atoms with E-state index < -0.39 is 6.04 Å². The Balaban J connectivity index is 1.56. The lowest BCUT2D eigenvalue weighted by Crippen LogP contribution is -2.50. The number of amides is 2. The molecule has 1 aromatic carbocycles. The van der Waals surface area contributed by atoms with Gasteiger partial charge in [0.2, 0.25) is 11.8 Å². The molecule has 4 N–H and O–H groups in total. The average Bonchev–Trinajstić information content (AvgIpc) is 3.76. The van der Waals surface area contributed by atoms with Crippen LogP contribution >= 0.6 is 0 Å². The van der Waals surface area contributed by atoms with Gasteiger partial charge in [-0.2, -0.15) is 5.10 Å². The standard InChI is InChI=1S/C28H44N6O4/c1-2-38-27(36)14-17-34(24-12-13-24)28(37)25(30-15-6-10-22-8-4-3-5-9-22)18-26(35)31-19-23-11-7-16-33(20-23)21-32-29/h3-5,8-9,21,23-25,30H,2,6-7,10-20,29H2,1H3,(H,31,35)/t23-,25-/m0/s1. The number of nitrogens with one attached hydrogen (secondary N) is 2. The van der Waals surface area contributed by atoms with Crippen molar-refractivity contribution in [3.63, 3.8) is 0 Å². The van der Waals surface area contributed by atoms with Gasteiger partial charge in [-0.05, 0) is 63.5 Å². The van der Waals surface area contributed by atoms with E-state index >= 15 is 0 Å². The first-order chi connectivity index (χ1) is 18.5. The van der Waals surface area contributed by atoms with E-state index in [2.05, 4.69) is 32.8 Å². The first kappa shape index (κ1) is 29.4. The van der Waals surface area contributed by atoms with Gasteiger partial charge in [0.25, 0.3) is 0 Å². The third-order valence-electron chi connectivity index (χ3n) is 7.06. The fourth-order valence-electron chi connectivity index (χ4n) is 4.94. The van der Waals surface area contributed by atoms with E-state index in [4.69, 9.17) is 10.6 Å². The lowest BCUT2D eigenvalue weighted by molar-refractivity contribution is -0.144. The minimum absolute atomic E-state index is 0.0630. The molecule has 1 aromatic rings. The number of aryl methyl sites for hydroxylation is 1. The van der Waals surface area contributed by atoms with Crippen LogP contribution in [0.5, 0.6) is 0 Å². The first-order valence-corrected chi connectivity index (χ1v) is 14.0. The van der Waals surface area contributed by atoms with Gasteiger partial charge in [0, 0.05) is 32.2 Å². The molecule has 0 spiro atoms. The summed E-state index contributed by atoms with van der Waals surface area (Å²) in [6.07, 6.45) is 7.50. The summed E-state index contributed by atoms with van der Waals surface area (Å²) in [6.45, 7) is 5.28. The van der Waals surface area contributed by atoms with Crippen molar-refractivity contribution in [3.8, 4) is 0 Å². The Labute approximate surface area is 226 Å². The predicted molar refractivity (Wildman–Crippen MR) is 147 cm³/mol. The Kier molecular flexibility index (Phi) is 12.4. The fourth-order valence-corrected chi connectivity index (χ4v) is 4.94. The number of nitrogens with two attached hydrogens (primary N) is 1. The highest BCUT2D eigenvalue weighted by Crippen LogP contribution is 2.28. The molecule has 2 atom stereocenters. The smallest absolute Gasteiger partial charge is 0.307 e. The molecular weight excluding hydrogens is 484 g/mol. The number of hydrazone groups is 1. The van der Waals surface area contributed by atoms with Crippen LogP contribution in [0.4, 0.5) is 0 Å². The molecule has 10 nitrogen and oxygen atoms in total. The van der Waals surface area contributed by atoms with Crippen molar-refractivity contribution in [2.45, 2.75) is 70.4 Å². The van der Waals surface area contributed by atoms with Gasteiger partial charge in [0.05, 0.1) is 25.5 Å². The molecule has 1 aliphatic carbocycles. The molecule has 38 heavy (non-hydrogen) atoms. The van der Waals surface area contributed by atoms with E-state index in [1.54, 1.807) is 18.2 Å². The van der Waals surface area contributed by atoms with Crippen LogP contribution in [0.2, 0.25) is 0 Å². The van der Waals surface area contributed by atoms with Crippen LogP contribution in [0.1, 0.15) is 57.4 Å². The number of carbonyl (C=O) groups is 3. The first-order valence-electron chi connectivity index (χ1n) is 14.0. The maximum absolute atomic E-state index is 13.6. The summed E-state index contributed by atoms with van der Waals surface area (Å²) < 4.78 is 5.06. The second kappa shape index (κ2) is 16.0. The SMILES string of the molecule is CCOC(=O)CCN(C(=O)[C@H](CC(=O)NC[C@@H]1CCCN(C=NN)C1)NCCCc1ccccc1)C1CC1. The Morgan fingerprint density at radius 3 is 2.74 bits per heavy atom. The fraction of sp³-hybridized carbons (Fsp3) is 0.643. The normalized spacial score (nSPS) is 18.2. The summed E-state index contributed by atoms with van der Waals surface area (Å²) in [5, 5.41) is 10.0. The van der Waals surface area contributed by atoms with Crippen molar-refractivity contribution in [1.82, 2.24) is 20.4 Å². The Bertz CT molecular complexity index is 908. The van der Waals surface area contributed by atoms with Crippen LogP contribution < -0.4 is 16.5 Å². The minimum atomic E-state index is -0.638. The number of ether oxygens (including phenoxy) is 1. The maximum Gasteiger partial charge on any atom is 0.307 e. The van der Waals surface area contributed by atoms with Gasteiger partial charge in [-0.1, -0.05) is 30.3 Å². The number of benzene rings is 1. The van der Waals surface area contributed by atoms with Crippen LogP contribution in [-0.2, 0) is 25.5 Å². The van der Waals surface area contributed by atoms with Crippen molar-refractivity contribution in [2.75, 3.05) is 39.3 Å². The van der Waals surface area contributed by atoms with E-state index in [0.717, 1.165) is 51.6 Å². The Hall–Kier alpha value is -3.14. The number of hydrogen-bond donors (Lipinski definition) is 3. The van der Waals surface area contributed by atoms with Gasteiger partial charge < -0.3 is 31.0 Å². The van der Waals surface area contributed by atoms with Gasteiger partial charge in [-0.15, -0.1) is 0 Å². The highest BCUT2D eigenvalue weighted by atomic mass is 16.5. The van der Waals surface area contributed by atoms with E-state index in [1.807, 2.05) is 18.2 Å². The van der Waals surface area contributed by atoms with Crippen molar-refractivity contribution < 1.29 is 19.1 Å². The molecule has 1 saturated heterocycles. The van der Waals surface area contributed by atoms with E-state index in [1.165, 1.54) is 5.56 Å². The number of esters is 1. The molecule has 2 aliphatic rings. The van der Waals surface area contributed by atoms with Gasteiger partial charge in [-0.3, -0.25) is 14.4 Å². The molecule has 0 bridgehead atoms. The second-order valence-corrected chi connectivity index (χ2v) is 10.2. The minimum Gasteiger partial charge on any atom is -0.466 e. The van der Waals surface area contributed by atoms with Crippen LogP contribution in [0.3, 0.4) is 0 Å². The molecule has 0 unspecified atom stereocenters. The zero-order valence-corrected chi connectivity index (χ0v) is 22.6. The Morgan fingerprint density at radius 1 is 1.24 bits per heavy atom. The summed E-state index contributed by atoms with van der Waals surface area (Å²) in [7, 11) is 0. The van der Waals surface area contributed by atoms with Gasteiger partial charge in [0.1, 0.15) is 6.34 Å². The lowest BCUT2D eigenvalue weighted by atomic mass is 9.98. The number of rotatable bonds is 16. The van der Waals surface area contributed by atoms with E-state index in [-0.39, 0.29) is 36.7 Å². The molecule has 3 rings (SSSR count). The summed E-state index contributed by atoms with van der Waals surface area (Å²) in [5.41, 5.74) is 1.24. The summed E-state index contributed by atoms with van der Waals surface area (Å²) in [5.74, 6) is 5.02.